The number of rotatable bonds is 5. The Morgan fingerprint density at radius 2 is 1.83 bits per heavy atom. The van der Waals surface area contributed by atoms with E-state index >= 15 is 0 Å². The van der Waals surface area contributed by atoms with Crippen LogP contribution in [0.15, 0.2) is 45.8 Å². The van der Waals surface area contributed by atoms with Crippen molar-refractivity contribution in [2.24, 2.45) is 5.92 Å². The Morgan fingerprint density at radius 3 is 2.60 bits per heavy atom. The zero-order valence-corrected chi connectivity index (χ0v) is 18.9. The van der Waals surface area contributed by atoms with Crippen LogP contribution >= 0.6 is 15.9 Å². The fourth-order valence-electron chi connectivity index (χ4n) is 4.22. The Balaban J connectivity index is 1.35. The van der Waals surface area contributed by atoms with Crippen LogP contribution in [0.3, 0.4) is 0 Å². The molecule has 0 aromatic heterocycles. The number of aryl methyl sites for hydroxylation is 2. The molecule has 0 bridgehead atoms. The molecule has 1 heterocycles. The topological polar surface area (TPSA) is 66.5 Å². The molecule has 8 heteroatoms. The second-order valence-electron chi connectivity index (χ2n) is 7.92. The van der Waals surface area contributed by atoms with Crippen molar-refractivity contribution in [3.05, 3.63) is 63.4 Å². The number of hydrogen-bond donors (Lipinski definition) is 1. The maximum Gasteiger partial charge on any atom is 0.243 e. The molecule has 2 aromatic rings. The van der Waals surface area contributed by atoms with E-state index in [1.165, 1.54) is 15.9 Å². The molecular formula is C22H24BrFN2O3S. The number of nitrogens with one attached hydrogen (secondary N) is 1. The number of hydrogen-bond acceptors (Lipinski definition) is 3. The number of halogens is 2. The molecule has 4 rings (SSSR count). The summed E-state index contributed by atoms with van der Waals surface area (Å²) in [5.74, 6) is -0.801. The second kappa shape index (κ2) is 8.77. The summed E-state index contributed by atoms with van der Waals surface area (Å²) < 4.78 is 42.1. The molecule has 2 aromatic carbocycles. The Morgan fingerprint density at radius 1 is 1.10 bits per heavy atom. The number of amides is 1. The molecule has 0 radical (unpaired) electrons. The summed E-state index contributed by atoms with van der Waals surface area (Å²) in [6.07, 6.45) is 3.93. The number of benzene rings is 2. The van der Waals surface area contributed by atoms with Gasteiger partial charge in [0.1, 0.15) is 5.82 Å². The van der Waals surface area contributed by atoms with Gasteiger partial charge in [-0.1, -0.05) is 22.0 Å². The molecule has 5 nitrogen and oxygen atoms in total. The predicted molar refractivity (Wildman–Crippen MR) is 116 cm³/mol. The molecule has 0 atom stereocenters. The van der Waals surface area contributed by atoms with Gasteiger partial charge in [0.2, 0.25) is 15.9 Å². The van der Waals surface area contributed by atoms with Crippen molar-refractivity contribution < 1.29 is 17.6 Å². The van der Waals surface area contributed by atoms with E-state index in [4.69, 9.17) is 0 Å². The third-order valence-corrected chi connectivity index (χ3v) is 8.38. The van der Waals surface area contributed by atoms with Crippen molar-refractivity contribution in [1.29, 1.82) is 0 Å². The molecular weight excluding hydrogens is 471 g/mol. The van der Waals surface area contributed by atoms with Gasteiger partial charge in [0, 0.05) is 35.6 Å². The smallest absolute Gasteiger partial charge is 0.243 e. The quantitative estimate of drug-likeness (QED) is 0.687. The summed E-state index contributed by atoms with van der Waals surface area (Å²) in [7, 11) is -3.55. The minimum Gasteiger partial charge on any atom is -0.352 e. The summed E-state index contributed by atoms with van der Waals surface area (Å²) in [6.45, 7) is 0.725. The standard InChI is InChI=1S/C22H24BrFN2O3S/c23-19-5-7-21(24)18(12-19)14-25-22(27)16-8-10-26(11-9-16)30(28,29)20-6-4-15-2-1-3-17(15)13-20/h4-7,12-13,16H,1-3,8-11,14H2,(H,25,27). The van der Waals surface area contributed by atoms with Gasteiger partial charge in [0.15, 0.2) is 0 Å². The van der Waals surface area contributed by atoms with Crippen molar-refractivity contribution in [2.45, 2.75) is 43.5 Å². The molecule has 2 aliphatic rings. The largest absolute Gasteiger partial charge is 0.352 e. The van der Waals surface area contributed by atoms with Gasteiger partial charge in [-0.05, 0) is 73.6 Å². The Hall–Kier alpha value is -1.77. The van der Waals surface area contributed by atoms with Crippen LogP contribution in [0.2, 0.25) is 0 Å². The van der Waals surface area contributed by atoms with Gasteiger partial charge in [-0.25, -0.2) is 12.8 Å². The van der Waals surface area contributed by atoms with Crippen LogP contribution in [0.1, 0.15) is 36.0 Å². The molecule has 1 amide bonds. The van der Waals surface area contributed by atoms with E-state index in [1.54, 1.807) is 18.2 Å². The monoisotopic (exact) mass is 494 g/mol. The highest BCUT2D eigenvalue weighted by Crippen LogP contribution is 2.28. The summed E-state index contributed by atoms with van der Waals surface area (Å²) in [5.41, 5.74) is 2.78. The zero-order chi connectivity index (χ0) is 21.3. The van der Waals surface area contributed by atoms with Crippen molar-refractivity contribution in [1.82, 2.24) is 9.62 Å². The number of carbonyl (C=O) groups is 1. The molecule has 1 N–H and O–H groups in total. The molecule has 0 spiro atoms. The fourth-order valence-corrected chi connectivity index (χ4v) is 6.15. The lowest BCUT2D eigenvalue weighted by Crippen LogP contribution is -2.42. The van der Waals surface area contributed by atoms with E-state index in [-0.39, 0.29) is 24.2 Å². The minimum atomic E-state index is -3.55. The Bertz CT molecular complexity index is 1070. The van der Waals surface area contributed by atoms with E-state index < -0.39 is 10.0 Å². The first-order valence-corrected chi connectivity index (χ1v) is 12.4. The Labute approximate surface area is 184 Å². The highest BCUT2D eigenvalue weighted by molar-refractivity contribution is 9.10. The van der Waals surface area contributed by atoms with Crippen molar-refractivity contribution >= 4 is 31.9 Å². The summed E-state index contributed by atoms with van der Waals surface area (Å²) in [5, 5.41) is 2.78. The molecule has 1 aliphatic carbocycles. The van der Waals surface area contributed by atoms with Crippen molar-refractivity contribution in [3.8, 4) is 0 Å². The second-order valence-corrected chi connectivity index (χ2v) is 10.8. The third kappa shape index (κ3) is 4.45. The lowest BCUT2D eigenvalue weighted by atomic mass is 9.97. The molecule has 0 unspecified atom stereocenters. The molecule has 0 saturated carbocycles. The highest BCUT2D eigenvalue weighted by atomic mass is 79.9. The van der Waals surface area contributed by atoms with Crippen LogP contribution in [0.5, 0.6) is 0 Å². The van der Waals surface area contributed by atoms with E-state index in [1.807, 2.05) is 12.1 Å². The minimum absolute atomic E-state index is 0.109. The number of fused-ring (bicyclic) bond motifs is 1. The van der Waals surface area contributed by atoms with Crippen LogP contribution in [-0.4, -0.2) is 31.7 Å². The number of carbonyl (C=O) groups excluding carboxylic acids is 1. The van der Waals surface area contributed by atoms with Gasteiger partial charge in [-0.15, -0.1) is 0 Å². The fraction of sp³-hybridized carbons (Fsp3) is 0.409. The normalized spacial score (nSPS) is 17.7. The van der Waals surface area contributed by atoms with Crippen molar-refractivity contribution in [3.63, 3.8) is 0 Å². The van der Waals surface area contributed by atoms with Gasteiger partial charge >= 0.3 is 0 Å². The van der Waals surface area contributed by atoms with Crippen LogP contribution in [-0.2, 0) is 34.2 Å². The lowest BCUT2D eigenvalue weighted by Gasteiger charge is -2.30. The zero-order valence-electron chi connectivity index (χ0n) is 16.5. The number of sulfonamides is 1. The molecule has 30 heavy (non-hydrogen) atoms. The van der Waals surface area contributed by atoms with E-state index in [2.05, 4.69) is 21.2 Å². The molecule has 160 valence electrons. The van der Waals surface area contributed by atoms with Crippen molar-refractivity contribution in [2.75, 3.05) is 13.1 Å². The van der Waals surface area contributed by atoms with E-state index in [0.717, 1.165) is 29.3 Å². The molecule has 1 aliphatic heterocycles. The van der Waals surface area contributed by atoms with Crippen LogP contribution < -0.4 is 5.32 Å². The average Bonchev–Trinajstić information content (AvgIpc) is 3.22. The first-order chi connectivity index (χ1) is 14.3. The van der Waals surface area contributed by atoms with Gasteiger partial charge in [-0.3, -0.25) is 4.79 Å². The first-order valence-electron chi connectivity index (χ1n) is 10.2. The van der Waals surface area contributed by atoms with Gasteiger partial charge < -0.3 is 5.32 Å². The number of nitrogens with zero attached hydrogens (tertiary/aromatic N) is 1. The molecule has 1 saturated heterocycles. The van der Waals surface area contributed by atoms with E-state index in [0.29, 0.717) is 36.4 Å². The summed E-state index contributed by atoms with van der Waals surface area (Å²) in [4.78, 5) is 12.9. The van der Waals surface area contributed by atoms with Crippen LogP contribution in [0.25, 0.3) is 0 Å². The van der Waals surface area contributed by atoms with Gasteiger partial charge in [-0.2, -0.15) is 4.31 Å². The highest BCUT2D eigenvalue weighted by Gasteiger charge is 2.32. The third-order valence-electron chi connectivity index (χ3n) is 5.99. The molecule has 1 fully saturated rings. The summed E-state index contributed by atoms with van der Waals surface area (Å²) in [6, 6.07) is 10.0. The van der Waals surface area contributed by atoms with Gasteiger partial charge in [0.25, 0.3) is 0 Å². The SMILES string of the molecule is O=C(NCc1cc(Br)ccc1F)C1CCN(S(=O)(=O)c2ccc3c(c2)CCC3)CC1. The summed E-state index contributed by atoms with van der Waals surface area (Å²) >= 11 is 3.30. The number of piperidine rings is 1. The first kappa shape index (κ1) is 21.5. The van der Waals surface area contributed by atoms with E-state index in [9.17, 15) is 17.6 Å². The van der Waals surface area contributed by atoms with Gasteiger partial charge in [0.05, 0.1) is 4.90 Å². The average molecular weight is 495 g/mol. The van der Waals surface area contributed by atoms with Crippen LogP contribution in [0, 0.1) is 11.7 Å². The lowest BCUT2D eigenvalue weighted by molar-refractivity contribution is -0.126. The Kier molecular flexibility index (Phi) is 6.27. The predicted octanol–water partition coefficient (Wildman–Crippen LogP) is 3.79. The van der Waals surface area contributed by atoms with Crippen LogP contribution in [0.4, 0.5) is 4.39 Å². The maximum atomic E-state index is 13.8. The maximum absolute atomic E-state index is 13.8.